The van der Waals surface area contributed by atoms with Gasteiger partial charge in [-0.1, -0.05) is 18.2 Å². The highest BCUT2D eigenvalue weighted by atomic mass is 16.4. The highest BCUT2D eigenvalue weighted by Crippen LogP contribution is 2.16. The van der Waals surface area contributed by atoms with Gasteiger partial charge in [-0.25, -0.2) is 0 Å². The molecule has 1 saturated heterocycles. The number of likely N-dealkylation sites (tertiary alicyclic amines) is 1. The predicted octanol–water partition coefficient (Wildman–Crippen LogP) is 1.60. The van der Waals surface area contributed by atoms with Crippen molar-refractivity contribution in [3.05, 3.63) is 35.9 Å². The van der Waals surface area contributed by atoms with Crippen LogP contribution in [0.4, 0.5) is 0 Å². The number of rotatable bonds is 6. The molecule has 114 valence electrons. The minimum atomic E-state index is -0.743. The maximum Gasteiger partial charge on any atom is 0.304 e. The molecule has 1 aromatic rings. The van der Waals surface area contributed by atoms with Gasteiger partial charge >= 0.3 is 5.97 Å². The molecule has 0 atom stereocenters. The molecule has 1 aromatic carbocycles. The van der Waals surface area contributed by atoms with Crippen molar-refractivity contribution in [2.24, 2.45) is 5.92 Å². The first-order chi connectivity index (χ1) is 10.1. The lowest BCUT2D eigenvalue weighted by atomic mass is 9.96. The third-order valence-corrected chi connectivity index (χ3v) is 3.94. The van der Waals surface area contributed by atoms with Crippen molar-refractivity contribution in [3.63, 3.8) is 0 Å². The lowest BCUT2D eigenvalue weighted by Crippen LogP contribution is -2.39. The van der Waals surface area contributed by atoms with E-state index in [1.165, 1.54) is 0 Å². The summed E-state index contributed by atoms with van der Waals surface area (Å²) in [5.41, 5.74) is 0.691. The van der Waals surface area contributed by atoms with Crippen LogP contribution in [0.25, 0.3) is 0 Å². The molecule has 1 heterocycles. The van der Waals surface area contributed by atoms with Crippen LogP contribution in [0.5, 0.6) is 0 Å². The molecule has 2 N–H and O–H groups in total. The molecule has 0 aliphatic carbocycles. The summed E-state index contributed by atoms with van der Waals surface area (Å²) in [7, 11) is 0. The van der Waals surface area contributed by atoms with Crippen LogP contribution < -0.4 is 5.32 Å². The van der Waals surface area contributed by atoms with E-state index in [1.54, 1.807) is 0 Å². The summed E-state index contributed by atoms with van der Waals surface area (Å²) in [6, 6.07) is 9.23. The van der Waals surface area contributed by atoms with Gasteiger partial charge in [0.15, 0.2) is 0 Å². The summed E-state index contributed by atoms with van der Waals surface area (Å²) in [6.45, 7) is 3.15. The zero-order valence-electron chi connectivity index (χ0n) is 12.1. The van der Waals surface area contributed by atoms with Crippen molar-refractivity contribution >= 4 is 11.9 Å². The van der Waals surface area contributed by atoms with Crippen molar-refractivity contribution in [1.29, 1.82) is 0 Å². The normalized spacial score (nSPS) is 16.6. The second kappa shape index (κ2) is 7.78. The number of aliphatic carboxylic acids is 1. The van der Waals surface area contributed by atoms with Gasteiger partial charge in [-0.2, -0.15) is 0 Å². The number of piperidine rings is 1. The van der Waals surface area contributed by atoms with E-state index in [9.17, 15) is 9.59 Å². The Labute approximate surface area is 125 Å². The van der Waals surface area contributed by atoms with Crippen LogP contribution >= 0.6 is 0 Å². The van der Waals surface area contributed by atoms with Gasteiger partial charge in [0.25, 0.3) is 5.91 Å². The Morgan fingerprint density at radius 1 is 1.19 bits per heavy atom. The van der Waals surface area contributed by atoms with Crippen LogP contribution in [0.3, 0.4) is 0 Å². The molecule has 5 heteroatoms. The summed E-state index contributed by atoms with van der Waals surface area (Å²) in [4.78, 5) is 24.7. The highest BCUT2D eigenvalue weighted by Gasteiger charge is 2.20. The van der Waals surface area contributed by atoms with Crippen molar-refractivity contribution in [1.82, 2.24) is 10.2 Å². The third-order valence-electron chi connectivity index (χ3n) is 3.94. The lowest BCUT2D eigenvalue weighted by Gasteiger charge is -2.31. The van der Waals surface area contributed by atoms with Gasteiger partial charge in [-0.15, -0.1) is 0 Å². The van der Waals surface area contributed by atoms with Gasteiger partial charge in [0, 0.05) is 18.7 Å². The van der Waals surface area contributed by atoms with E-state index >= 15 is 0 Å². The minimum absolute atomic E-state index is 0.0242. The molecular weight excluding hydrogens is 268 g/mol. The van der Waals surface area contributed by atoms with E-state index < -0.39 is 5.97 Å². The van der Waals surface area contributed by atoms with E-state index in [0.717, 1.165) is 25.9 Å². The molecule has 0 spiro atoms. The summed E-state index contributed by atoms with van der Waals surface area (Å²) < 4.78 is 0. The Morgan fingerprint density at radius 2 is 1.86 bits per heavy atom. The predicted molar refractivity (Wildman–Crippen MR) is 80.2 cm³/mol. The van der Waals surface area contributed by atoms with Gasteiger partial charge in [0.2, 0.25) is 0 Å². The SMILES string of the molecule is O=C(O)CCN1CCC(CNC(=O)c2ccccc2)CC1. The molecule has 1 aliphatic rings. The number of nitrogens with one attached hydrogen (secondary N) is 1. The van der Waals surface area contributed by atoms with Crippen LogP contribution in [-0.4, -0.2) is 48.1 Å². The average Bonchev–Trinajstić information content (AvgIpc) is 2.52. The standard InChI is InChI=1S/C16H22N2O3/c19-15(20)8-11-18-9-6-13(7-10-18)12-17-16(21)14-4-2-1-3-5-14/h1-5,13H,6-12H2,(H,17,21)(H,19,20). The summed E-state index contributed by atoms with van der Waals surface area (Å²) in [6.07, 6.45) is 2.22. The molecule has 1 aliphatic heterocycles. The van der Waals surface area contributed by atoms with E-state index in [2.05, 4.69) is 10.2 Å². The second-order valence-electron chi connectivity index (χ2n) is 5.50. The summed E-state index contributed by atoms with van der Waals surface area (Å²) in [5.74, 6) is -0.283. The number of carbonyl (C=O) groups excluding carboxylic acids is 1. The lowest BCUT2D eigenvalue weighted by molar-refractivity contribution is -0.137. The van der Waals surface area contributed by atoms with Crippen molar-refractivity contribution in [2.45, 2.75) is 19.3 Å². The van der Waals surface area contributed by atoms with E-state index in [-0.39, 0.29) is 12.3 Å². The number of carboxylic acid groups (broad SMARTS) is 1. The maximum absolute atomic E-state index is 11.9. The Bertz CT molecular complexity index is 468. The van der Waals surface area contributed by atoms with Crippen molar-refractivity contribution in [3.8, 4) is 0 Å². The van der Waals surface area contributed by atoms with Gasteiger partial charge in [-0.3, -0.25) is 9.59 Å². The molecule has 5 nitrogen and oxygen atoms in total. The van der Waals surface area contributed by atoms with Crippen LogP contribution in [0, 0.1) is 5.92 Å². The molecule has 1 fully saturated rings. The summed E-state index contributed by atoms with van der Waals surface area (Å²) >= 11 is 0. The Kier molecular flexibility index (Phi) is 5.75. The first-order valence-electron chi connectivity index (χ1n) is 7.42. The van der Waals surface area contributed by atoms with Gasteiger partial charge in [0.1, 0.15) is 0 Å². The van der Waals surface area contributed by atoms with E-state index in [1.807, 2.05) is 30.3 Å². The number of carbonyl (C=O) groups is 2. The topological polar surface area (TPSA) is 69.6 Å². The minimum Gasteiger partial charge on any atom is -0.481 e. The Balaban J connectivity index is 1.67. The van der Waals surface area contributed by atoms with Gasteiger partial charge in [0.05, 0.1) is 6.42 Å². The third kappa shape index (κ3) is 5.19. The molecule has 1 amide bonds. The number of amides is 1. The fraction of sp³-hybridized carbons (Fsp3) is 0.500. The zero-order chi connectivity index (χ0) is 15.1. The number of nitrogens with zero attached hydrogens (tertiary/aromatic N) is 1. The largest absolute Gasteiger partial charge is 0.481 e. The van der Waals surface area contributed by atoms with Crippen LogP contribution in [0.15, 0.2) is 30.3 Å². The number of carboxylic acids is 1. The fourth-order valence-electron chi connectivity index (χ4n) is 2.60. The molecular formula is C16H22N2O3. The molecule has 0 saturated carbocycles. The van der Waals surface area contributed by atoms with Crippen LogP contribution in [-0.2, 0) is 4.79 Å². The first-order valence-corrected chi connectivity index (χ1v) is 7.42. The average molecular weight is 290 g/mol. The van der Waals surface area contributed by atoms with Crippen molar-refractivity contribution < 1.29 is 14.7 Å². The molecule has 0 aromatic heterocycles. The van der Waals surface area contributed by atoms with Gasteiger partial charge in [-0.05, 0) is 44.0 Å². The van der Waals surface area contributed by atoms with Crippen molar-refractivity contribution in [2.75, 3.05) is 26.2 Å². The number of benzene rings is 1. The summed E-state index contributed by atoms with van der Waals surface area (Å²) in [5, 5.41) is 11.7. The Morgan fingerprint density at radius 3 is 2.48 bits per heavy atom. The fourth-order valence-corrected chi connectivity index (χ4v) is 2.60. The van der Waals surface area contributed by atoms with E-state index in [4.69, 9.17) is 5.11 Å². The molecule has 0 unspecified atom stereocenters. The molecule has 0 radical (unpaired) electrons. The smallest absolute Gasteiger partial charge is 0.304 e. The van der Waals surface area contributed by atoms with Gasteiger partial charge < -0.3 is 15.3 Å². The van der Waals surface area contributed by atoms with Crippen LogP contribution in [0.1, 0.15) is 29.6 Å². The quantitative estimate of drug-likeness (QED) is 0.835. The van der Waals surface area contributed by atoms with Crippen LogP contribution in [0.2, 0.25) is 0 Å². The number of hydrogen-bond donors (Lipinski definition) is 2. The maximum atomic E-state index is 11.9. The second-order valence-corrected chi connectivity index (χ2v) is 5.50. The molecule has 2 rings (SSSR count). The first kappa shape index (κ1) is 15.5. The molecule has 21 heavy (non-hydrogen) atoms. The Hall–Kier alpha value is -1.88. The molecule has 0 bridgehead atoms. The monoisotopic (exact) mass is 290 g/mol. The highest BCUT2D eigenvalue weighted by molar-refractivity contribution is 5.94. The number of hydrogen-bond acceptors (Lipinski definition) is 3. The van der Waals surface area contributed by atoms with E-state index in [0.29, 0.717) is 24.6 Å². The zero-order valence-corrected chi connectivity index (χ0v) is 12.1.